The number of methoxy groups -OCH3 is 1. The lowest BCUT2D eigenvalue weighted by atomic mass is 9.69. The van der Waals surface area contributed by atoms with Crippen molar-refractivity contribution in [1.82, 2.24) is 9.80 Å². The molecular formula is C24H33N3O3. The van der Waals surface area contributed by atoms with Crippen molar-refractivity contribution in [2.75, 3.05) is 40.0 Å². The molecule has 0 radical (unpaired) electrons. The molecule has 30 heavy (non-hydrogen) atoms. The van der Waals surface area contributed by atoms with E-state index in [1.54, 1.807) is 31.4 Å². The van der Waals surface area contributed by atoms with Gasteiger partial charge in [0, 0.05) is 43.9 Å². The molecule has 0 bridgehead atoms. The number of benzene rings is 1. The van der Waals surface area contributed by atoms with Crippen LogP contribution in [-0.2, 0) is 9.47 Å². The third-order valence-corrected chi connectivity index (χ3v) is 7.31. The molecule has 162 valence electrons. The average Bonchev–Trinajstić information content (AvgIpc) is 2.81. The monoisotopic (exact) mass is 411 g/mol. The lowest BCUT2D eigenvalue weighted by molar-refractivity contribution is -0.203. The number of likely N-dealkylation sites (tertiary alicyclic amines) is 2. The molecule has 1 aromatic carbocycles. The zero-order valence-electron chi connectivity index (χ0n) is 18.0. The summed E-state index contributed by atoms with van der Waals surface area (Å²) in [4.78, 5) is 17.5. The second kappa shape index (κ2) is 9.47. The Kier molecular flexibility index (Phi) is 6.72. The number of piperidine rings is 1. The number of nitriles is 1. The van der Waals surface area contributed by atoms with Gasteiger partial charge in [-0.2, -0.15) is 5.26 Å². The van der Waals surface area contributed by atoms with Crippen LogP contribution >= 0.6 is 0 Å². The van der Waals surface area contributed by atoms with Gasteiger partial charge in [-0.05, 0) is 49.9 Å². The van der Waals surface area contributed by atoms with Crippen LogP contribution in [-0.4, -0.2) is 73.3 Å². The number of hydrogen-bond acceptors (Lipinski definition) is 5. The molecule has 1 atom stereocenters. The highest BCUT2D eigenvalue weighted by atomic mass is 16.5. The minimum atomic E-state index is 0.0784. The van der Waals surface area contributed by atoms with Crippen molar-refractivity contribution in [3.63, 3.8) is 0 Å². The van der Waals surface area contributed by atoms with Crippen molar-refractivity contribution in [1.29, 1.82) is 5.26 Å². The van der Waals surface area contributed by atoms with Gasteiger partial charge in [-0.3, -0.25) is 9.69 Å². The summed E-state index contributed by atoms with van der Waals surface area (Å²) >= 11 is 0. The quantitative estimate of drug-likeness (QED) is 0.673. The zero-order chi connectivity index (χ0) is 21.0. The predicted molar refractivity (Wildman–Crippen MR) is 114 cm³/mol. The minimum absolute atomic E-state index is 0.0784. The van der Waals surface area contributed by atoms with E-state index in [9.17, 15) is 4.79 Å². The fourth-order valence-corrected chi connectivity index (χ4v) is 5.62. The van der Waals surface area contributed by atoms with Gasteiger partial charge in [0.25, 0.3) is 5.91 Å². The van der Waals surface area contributed by atoms with Crippen molar-refractivity contribution in [3.8, 4) is 6.07 Å². The first kappa shape index (κ1) is 21.3. The van der Waals surface area contributed by atoms with Crippen molar-refractivity contribution in [3.05, 3.63) is 35.4 Å². The fourth-order valence-electron chi connectivity index (χ4n) is 5.62. The molecule has 1 spiro atoms. The lowest BCUT2D eigenvalue weighted by Crippen LogP contribution is -2.75. The largest absolute Gasteiger partial charge is 0.382 e. The molecule has 1 saturated carbocycles. The van der Waals surface area contributed by atoms with E-state index in [4.69, 9.17) is 14.7 Å². The van der Waals surface area contributed by atoms with Crippen LogP contribution < -0.4 is 0 Å². The van der Waals surface area contributed by atoms with Gasteiger partial charge in [0.05, 0.1) is 31.0 Å². The van der Waals surface area contributed by atoms with Crippen LogP contribution in [0.25, 0.3) is 0 Å². The molecular weight excluding hydrogens is 378 g/mol. The summed E-state index contributed by atoms with van der Waals surface area (Å²) in [5.74, 6) is 0.0784. The first-order valence-corrected chi connectivity index (χ1v) is 11.3. The van der Waals surface area contributed by atoms with E-state index in [1.807, 2.05) is 4.90 Å². The van der Waals surface area contributed by atoms with E-state index in [-0.39, 0.29) is 11.4 Å². The van der Waals surface area contributed by atoms with Gasteiger partial charge in [0.15, 0.2) is 0 Å². The number of ether oxygens (including phenoxy) is 2. The predicted octanol–water partition coefficient (Wildman–Crippen LogP) is 3.21. The molecule has 3 fully saturated rings. The number of carbonyl (C=O) groups is 1. The maximum atomic E-state index is 12.9. The number of amides is 1. The topological polar surface area (TPSA) is 65.8 Å². The third kappa shape index (κ3) is 4.12. The Morgan fingerprint density at radius 1 is 1.13 bits per heavy atom. The van der Waals surface area contributed by atoms with Crippen molar-refractivity contribution < 1.29 is 14.3 Å². The van der Waals surface area contributed by atoms with Crippen molar-refractivity contribution in [2.45, 2.75) is 62.6 Å². The van der Waals surface area contributed by atoms with Crippen LogP contribution in [0.5, 0.6) is 0 Å². The molecule has 0 aromatic heterocycles. The Morgan fingerprint density at radius 3 is 2.47 bits per heavy atom. The molecule has 1 aliphatic carbocycles. The van der Waals surface area contributed by atoms with E-state index in [1.165, 1.54) is 32.1 Å². The summed E-state index contributed by atoms with van der Waals surface area (Å²) in [6, 6.07) is 9.61. The summed E-state index contributed by atoms with van der Waals surface area (Å²) in [7, 11) is 1.72. The summed E-state index contributed by atoms with van der Waals surface area (Å²) in [6.45, 7) is 3.94. The van der Waals surface area contributed by atoms with Crippen LogP contribution in [0.4, 0.5) is 0 Å². The molecule has 6 heteroatoms. The van der Waals surface area contributed by atoms with Gasteiger partial charge in [-0.15, -0.1) is 0 Å². The van der Waals surface area contributed by atoms with Gasteiger partial charge in [0.1, 0.15) is 0 Å². The Bertz CT molecular complexity index is 759. The van der Waals surface area contributed by atoms with E-state index < -0.39 is 0 Å². The molecule has 3 aliphatic rings. The molecule has 4 rings (SSSR count). The molecule has 6 nitrogen and oxygen atoms in total. The van der Waals surface area contributed by atoms with Crippen LogP contribution in [0.15, 0.2) is 24.3 Å². The Labute approximate surface area is 179 Å². The van der Waals surface area contributed by atoms with Gasteiger partial charge < -0.3 is 14.4 Å². The number of carbonyl (C=O) groups excluding carboxylic acids is 1. The first-order chi connectivity index (χ1) is 14.7. The van der Waals surface area contributed by atoms with Gasteiger partial charge in [-0.1, -0.05) is 19.3 Å². The van der Waals surface area contributed by atoms with Crippen molar-refractivity contribution >= 4 is 5.91 Å². The van der Waals surface area contributed by atoms with Crippen molar-refractivity contribution in [2.24, 2.45) is 0 Å². The standard InChI is InChI=1S/C24H33N3O3/c1-29-15-16-30-22-18-27(24(22)11-3-2-4-12-24)21-9-13-26(14-10-21)23(28)20-7-5-19(17-25)6-8-20/h5-8,21-22H,2-4,9-16,18H2,1H3. The molecule has 2 aliphatic heterocycles. The third-order valence-electron chi connectivity index (χ3n) is 7.31. The van der Waals surface area contributed by atoms with E-state index >= 15 is 0 Å². The minimum Gasteiger partial charge on any atom is -0.382 e. The number of rotatable bonds is 6. The highest BCUT2D eigenvalue weighted by molar-refractivity contribution is 5.94. The molecule has 1 unspecified atom stereocenters. The van der Waals surface area contributed by atoms with Crippen LogP contribution in [0.1, 0.15) is 60.9 Å². The van der Waals surface area contributed by atoms with Crippen LogP contribution in [0.2, 0.25) is 0 Å². The molecule has 2 saturated heterocycles. The number of hydrogen-bond donors (Lipinski definition) is 0. The van der Waals surface area contributed by atoms with Gasteiger partial charge >= 0.3 is 0 Å². The fraction of sp³-hybridized carbons (Fsp3) is 0.667. The maximum Gasteiger partial charge on any atom is 0.253 e. The Morgan fingerprint density at radius 2 is 1.83 bits per heavy atom. The molecule has 1 aromatic rings. The normalized spacial score (nSPS) is 24.4. The number of nitrogens with zero attached hydrogens (tertiary/aromatic N) is 3. The smallest absolute Gasteiger partial charge is 0.253 e. The van der Waals surface area contributed by atoms with Crippen LogP contribution in [0.3, 0.4) is 0 Å². The van der Waals surface area contributed by atoms with E-state index in [0.29, 0.717) is 36.5 Å². The van der Waals surface area contributed by atoms with Crippen LogP contribution in [0, 0.1) is 11.3 Å². The summed E-state index contributed by atoms with van der Waals surface area (Å²) in [5.41, 5.74) is 1.46. The van der Waals surface area contributed by atoms with E-state index in [2.05, 4.69) is 11.0 Å². The Hall–Kier alpha value is -1.94. The first-order valence-electron chi connectivity index (χ1n) is 11.3. The second-order valence-corrected chi connectivity index (χ2v) is 8.88. The van der Waals surface area contributed by atoms with E-state index in [0.717, 1.165) is 32.5 Å². The average molecular weight is 412 g/mol. The zero-order valence-corrected chi connectivity index (χ0v) is 18.0. The summed E-state index contributed by atoms with van der Waals surface area (Å²) < 4.78 is 11.4. The molecule has 0 N–H and O–H groups in total. The van der Waals surface area contributed by atoms with Gasteiger partial charge in [0.2, 0.25) is 0 Å². The maximum absolute atomic E-state index is 12.9. The Balaban J connectivity index is 1.35. The SMILES string of the molecule is COCCOC1CN(C2CCN(C(=O)c3ccc(C#N)cc3)CC2)C12CCCCC2. The summed E-state index contributed by atoms with van der Waals surface area (Å²) in [6.07, 6.45) is 8.74. The highest BCUT2D eigenvalue weighted by Crippen LogP contribution is 2.47. The highest BCUT2D eigenvalue weighted by Gasteiger charge is 2.56. The molecule has 1 amide bonds. The second-order valence-electron chi connectivity index (χ2n) is 8.88. The van der Waals surface area contributed by atoms with Gasteiger partial charge in [-0.25, -0.2) is 0 Å². The molecule has 2 heterocycles. The lowest BCUT2D eigenvalue weighted by Gasteiger charge is -2.63. The summed E-state index contributed by atoms with van der Waals surface area (Å²) in [5, 5.41) is 8.94.